The highest BCUT2D eigenvalue weighted by Gasteiger charge is 2.13. The molecular formula is C15H18FNOS. The van der Waals surface area contributed by atoms with Crippen molar-refractivity contribution in [2.24, 2.45) is 0 Å². The van der Waals surface area contributed by atoms with Gasteiger partial charge >= 0.3 is 0 Å². The van der Waals surface area contributed by atoms with Crippen molar-refractivity contribution in [3.8, 4) is 5.75 Å². The molecular weight excluding hydrogens is 261 g/mol. The van der Waals surface area contributed by atoms with Crippen LogP contribution in [0.2, 0.25) is 0 Å². The average molecular weight is 279 g/mol. The molecule has 4 heteroatoms. The van der Waals surface area contributed by atoms with E-state index in [1.54, 1.807) is 23.5 Å². The van der Waals surface area contributed by atoms with Crippen LogP contribution < -0.4 is 10.1 Å². The zero-order valence-corrected chi connectivity index (χ0v) is 12.2. The summed E-state index contributed by atoms with van der Waals surface area (Å²) in [7, 11) is 3.41. The van der Waals surface area contributed by atoms with E-state index in [1.165, 1.54) is 16.9 Å². The Hall–Kier alpha value is -1.39. The molecule has 1 unspecified atom stereocenters. The van der Waals surface area contributed by atoms with E-state index in [-0.39, 0.29) is 17.6 Å². The molecule has 1 heterocycles. The lowest BCUT2D eigenvalue weighted by Gasteiger charge is -2.15. The molecule has 102 valence electrons. The molecule has 2 nitrogen and oxygen atoms in total. The van der Waals surface area contributed by atoms with Crippen LogP contribution >= 0.6 is 11.3 Å². The summed E-state index contributed by atoms with van der Waals surface area (Å²) in [6.07, 6.45) is 0.761. The minimum absolute atomic E-state index is 0.214. The molecule has 0 aliphatic carbocycles. The maximum Gasteiger partial charge on any atom is 0.165 e. The smallest absolute Gasteiger partial charge is 0.165 e. The Morgan fingerprint density at radius 2 is 2.11 bits per heavy atom. The van der Waals surface area contributed by atoms with Gasteiger partial charge < -0.3 is 10.1 Å². The summed E-state index contributed by atoms with van der Waals surface area (Å²) < 4.78 is 18.6. The van der Waals surface area contributed by atoms with E-state index < -0.39 is 0 Å². The third-order valence-electron chi connectivity index (χ3n) is 3.11. The summed E-state index contributed by atoms with van der Waals surface area (Å²) in [6.45, 7) is 2.09. The van der Waals surface area contributed by atoms with Crippen LogP contribution in [0.25, 0.3) is 0 Å². The van der Waals surface area contributed by atoms with Gasteiger partial charge in [-0.1, -0.05) is 6.07 Å². The maximum atomic E-state index is 13.7. The average Bonchev–Trinajstić information content (AvgIpc) is 2.82. The standard InChI is InChI=1S/C15H18FNOS/c1-10-4-7-15(19-10)13(17-2)9-11-5-6-14(18-3)12(16)8-11/h4-8,13,17H,9H2,1-3H3. The van der Waals surface area contributed by atoms with Crippen molar-refractivity contribution in [1.82, 2.24) is 5.32 Å². The van der Waals surface area contributed by atoms with Crippen molar-refractivity contribution < 1.29 is 9.13 Å². The fraction of sp³-hybridized carbons (Fsp3) is 0.333. The number of likely N-dealkylation sites (N-methyl/N-ethyl adjacent to an activating group) is 1. The van der Waals surface area contributed by atoms with Gasteiger partial charge in [0.05, 0.1) is 7.11 Å². The number of hydrogen-bond acceptors (Lipinski definition) is 3. The third kappa shape index (κ3) is 3.33. The number of ether oxygens (including phenoxy) is 1. The molecule has 1 aromatic carbocycles. The highest BCUT2D eigenvalue weighted by molar-refractivity contribution is 7.12. The molecule has 0 amide bonds. The zero-order chi connectivity index (χ0) is 13.8. The molecule has 0 aliphatic heterocycles. The molecule has 1 aromatic heterocycles. The lowest BCUT2D eigenvalue weighted by molar-refractivity contribution is 0.386. The highest BCUT2D eigenvalue weighted by Crippen LogP contribution is 2.27. The Labute approximate surface area is 117 Å². The monoisotopic (exact) mass is 279 g/mol. The second kappa shape index (κ2) is 6.17. The quantitative estimate of drug-likeness (QED) is 0.901. The molecule has 0 fully saturated rings. The van der Waals surface area contributed by atoms with Gasteiger partial charge in [0, 0.05) is 15.8 Å². The van der Waals surface area contributed by atoms with E-state index in [0.717, 1.165) is 12.0 Å². The van der Waals surface area contributed by atoms with E-state index in [4.69, 9.17) is 4.74 Å². The van der Waals surface area contributed by atoms with E-state index >= 15 is 0 Å². The topological polar surface area (TPSA) is 21.3 Å². The number of halogens is 1. The van der Waals surface area contributed by atoms with Crippen molar-refractivity contribution in [3.05, 3.63) is 51.5 Å². The first-order valence-corrected chi connectivity index (χ1v) is 7.01. The number of hydrogen-bond donors (Lipinski definition) is 1. The number of methoxy groups -OCH3 is 1. The summed E-state index contributed by atoms with van der Waals surface area (Å²) in [4.78, 5) is 2.56. The molecule has 1 N–H and O–H groups in total. The van der Waals surface area contributed by atoms with E-state index in [1.807, 2.05) is 13.1 Å². The van der Waals surface area contributed by atoms with Gasteiger partial charge in [0.25, 0.3) is 0 Å². The molecule has 0 saturated heterocycles. The van der Waals surface area contributed by atoms with Crippen LogP contribution in [0.15, 0.2) is 30.3 Å². The van der Waals surface area contributed by atoms with Crippen molar-refractivity contribution in [2.75, 3.05) is 14.2 Å². The third-order valence-corrected chi connectivity index (χ3v) is 4.22. The molecule has 2 rings (SSSR count). The molecule has 2 aromatic rings. The molecule has 0 saturated carbocycles. The molecule has 0 aliphatic rings. The second-order valence-electron chi connectivity index (χ2n) is 4.46. The highest BCUT2D eigenvalue weighted by atomic mass is 32.1. The maximum absolute atomic E-state index is 13.7. The summed E-state index contributed by atoms with van der Waals surface area (Å²) >= 11 is 1.77. The zero-order valence-electron chi connectivity index (χ0n) is 11.4. The summed E-state index contributed by atoms with van der Waals surface area (Å²) in [5.74, 6) is -0.0195. The number of aryl methyl sites for hydroxylation is 1. The lowest BCUT2D eigenvalue weighted by Crippen LogP contribution is -2.17. The van der Waals surface area contributed by atoms with Crippen molar-refractivity contribution >= 4 is 11.3 Å². The first-order valence-electron chi connectivity index (χ1n) is 6.20. The number of thiophene rings is 1. The van der Waals surface area contributed by atoms with Crippen LogP contribution in [0.1, 0.15) is 21.4 Å². The number of rotatable bonds is 5. The Bertz CT molecular complexity index is 553. The minimum atomic E-state index is -0.308. The number of nitrogens with one attached hydrogen (secondary N) is 1. The Morgan fingerprint density at radius 1 is 1.32 bits per heavy atom. The first-order chi connectivity index (χ1) is 9.13. The van der Waals surface area contributed by atoms with E-state index in [2.05, 4.69) is 24.4 Å². The lowest BCUT2D eigenvalue weighted by atomic mass is 10.0. The summed E-state index contributed by atoms with van der Waals surface area (Å²) in [6, 6.07) is 9.58. The predicted molar refractivity (Wildman–Crippen MR) is 77.5 cm³/mol. The van der Waals surface area contributed by atoms with E-state index in [9.17, 15) is 4.39 Å². The van der Waals surface area contributed by atoms with Crippen LogP contribution in [0, 0.1) is 12.7 Å². The van der Waals surface area contributed by atoms with Gasteiger partial charge in [-0.05, 0) is 50.2 Å². The van der Waals surface area contributed by atoms with Gasteiger partial charge in [0.1, 0.15) is 0 Å². The second-order valence-corrected chi connectivity index (χ2v) is 5.78. The predicted octanol–water partition coefficient (Wildman–Crippen LogP) is 3.71. The summed E-state index contributed by atoms with van der Waals surface area (Å²) in [5.41, 5.74) is 0.962. The Morgan fingerprint density at radius 3 is 2.63 bits per heavy atom. The fourth-order valence-corrected chi connectivity index (χ4v) is 3.05. The SMILES string of the molecule is CNC(Cc1ccc(OC)c(F)c1)c1ccc(C)s1. The van der Waals surface area contributed by atoms with Crippen molar-refractivity contribution in [1.29, 1.82) is 0 Å². The van der Waals surface area contributed by atoms with Crippen LogP contribution in [0.3, 0.4) is 0 Å². The largest absolute Gasteiger partial charge is 0.494 e. The molecule has 0 radical (unpaired) electrons. The Kier molecular flexibility index (Phi) is 4.56. The fourth-order valence-electron chi connectivity index (χ4n) is 2.06. The van der Waals surface area contributed by atoms with Crippen molar-refractivity contribution in [2.45, 2.75) is 19.4 Å². The van der Waals surface area contributed by atoms with Gasteiger partial charge in [-0.25, -0.2) is 4.39 Å². The van der Waals surface area contributed by atoms with Gasteiger partial charge in [-0.15, -0.1) is 11.3 Å². The van der Waals surface area contributed by atoms with Crippen LogP contribution in [0.4, 0.5) is 4.39 Å². The Balaban J connectivity index is 2.16. The minimum Gasteiger partial charge on any atom is -0.494 e. The van der Waals surface area contributed by atoms with Gasteiger partial charge in [0.2, 0.25) is 0 Å². The summed E-state index contributed by atoms with van der Waals surface area (Å²) in [5, 5.41) is 3.28. The van der Waals surface area contributed by atoms with Crippen LogP contribution in [0.5, 0.6) is 5.75 Å². The normalized spacial score (nSPS) is 12.4. The number of benzene rings is 1. The van der Waals surface area contributed by atoms with Crippen LogP contribution in [-0.4, -0.2) is 14.2 Å². The molecule has 0 bridgehead atoms. The molecule has 19 heavy (non-hydrogen) atoms. The first kappa shape index (κ1) is 14.0. The van der Waals surface area contributed by atoms with Gasteiger partial charge in [0.15, 0.2) is 11.6 Å². The van der Waals surface area contributed by atoms with Crippen molar-refractivity contribution in [3.63, 3.8) is 0 Å². The van der Waals surface area contributed by atoms with Gasteiger partial charge in [-0.3, -0.25) is 0 Å². The molecule has 0 spiro atoms. The van der Waals surface area contributed by atoms with Gasteiger partial charge in [-0.2, -0.15) is 0 Å². The van der Waals surface area contributed by atoms with Crippen LogP contribution in [-0.2, 0) is 6.42 Å². The molecule has 1 atom stereocenters. The van der Waals surface area contributed by atoms with E-state index in [0.29, 0.717) is 0 Å².